The third-order valence-electron chi connectivity index (χ3n) is 8.28. The van der Waals surface area contributed by atoms with E-state index in [9.17, 15) is 19.2 Å². The molecule has 1 fully saturated rings. The van der Waals surface area contributed by atoms with Gasteiger partial charge in [-0.3, -0.25) is 19.5 Å². The first-order valence-electron chi connectivity index (χ1n) is 16.7. The van der Waals surface area contributed by atoms with Crippen molar-refractivity contribution in [1.29, 1.82) is 0 Å². The summed E-state index contributed by atoms with van der Waals surface area (Å²) in [5.74, 6) is -1.42. The number of benzene rings is 3. The van der Waals surface area contributed by atoms with Crippen molar-refractivity contribution < 1.29 is 28.7 Å². The number of carbonyl (C=O) groups excluding carboxylic acids is 4. The molecule has 3 aromatic carbocycles. The molecule has 0 aliphatic carbocycles. The van der Waals surface area contributed by atoms with Gasteiger partial charge in [0.05, 0.1) is 30.1 Å². The van der Waals surface area contributed by atoms with Gasteiger partial charge in [-0.1, -0.05) is 36.4 Å². The molecule has 2 aliphatic heterocycles. The van der Waals surface area contributed by atoms with Crippen LogP contribution >= 0.6 is 0 Å². The third kappa shape index (κ3) is 8.53. The molecular formula is C38H45N5O6. The van der Waals surface area contributed by atoms with E-state index in [-0.39, 0.29) is 37.1 Å². The van der Waals surface area contributed by atoms with Crippen LogP contribution in [0.5, 0.6) is 0 Å². The number of hydrogen-bond acceptors (Lipinski definition) is 8. The smallest absolute Gasteiger partial charge is 0.410 e. The van der Waals surface area contributed by atoms with Crippen molar-refractivity contribution in [2.45, 2.75) is 59.1 Å². The Kier molecular flexibility index (Phi) is 10.8. The molecule has 5 rings (SSSR count). The summed E-state index contributed by atoms with van der Waals surface area (Å²) in [7, 11) is 0. The van der Waals surface area contributed by atoms with Gasteiger partial charge in [0.25, 0.3) is 0 Å². The van der Waals surface area contributed by atoms with E-state index in [1.54, 1.807) is 34.9 Å². The zero-order valence-electron chi connectivity index (χ0n) is 29.1. The highest BCUT2D eigenvalue weighted by atomic mass is 16.6. The van der Waals surface area contributed by atoms with Gasteiger partial charge in [-0.25, -0.2) is 9.59 Å². The van der Waals surface area contributed by atoms with Crippen molar-refractivity contribution in [3.8, 4) is 0 Å². The maximum absolute atomic E-state index is 13.6. The number of fused-ring (bicyclic) bond motifs is 1. The standard InChI is InChI=1S/C38H45N5O6/c1-7-48-36(46)27-13-18-30-31(23-27)40-35(45)33(30)34(26-11-9-8-10-12-26)39-28-14-16-29(17-15-28)43(25(2)3)32(44)24-41-19-21-42(22-20-41)37(47)49-38(4,5)6/h8-18,23,25,33H,7,19-22,24H2,1-6H3,(H,40,45). The average molecular weight is 668 g/mol. The van der Waals surface area contributed by atoms with Crippen molar-refractivity contribution in [2.24, 2.45) is 4.99 Å². The maximum Gasteiger partial charge on any atom is 0.410 e. The fourth-order valence-corrected chi connectivity index (χ4v) is 6.02. The number of aliphatic imine (C=N–C) groups is 1. The van der Waals surface area contributed by atoms with Gasteiger partial charge in [0.2, 0.25) is 11.8 Å². The van der Waals surface area contributed by atoms with Crippen molar-refractivity contribution in [1.82, 2.24) is 9.80 Å². The van der Waals surface area contributed by atoms with Gasteiger partial charge < -0.3 is 24.6 Å². The molecule has 2 heterocycles. The molecule has 1 saturated heterocycles. The van der Waals surface area contributed by atoms with Gasteiger partial charge in [-0.15, -0.1) is 0 Å². The third-order valence-corrected chi connectivity index (χ3v) is 8.28. The Morgan fingerprint density at radius 1 is 0.939 bits per heavy atom. The lowest BCUT2D eigenvalue weighted by Crippen LogP contribution is -2.53. The molecule has 0 bridgehead atoms. The molecule has 49 heavy (non-hydrogen) atoms. The van der Waals surface area contributed by atoms with Crippen LogP contribution in [0, 0.1) is 0 Å². The summed E-state index contributed by atoms with van der Waals surface area (Å²) in [5, 5.41) is 2.92. The predicted octanol–water partition coefficient (Wildman–Crippen LogP) is 6.01. The van der Waals surface area contributed by atoms with Gasteiger partial charge in [-0.2, -0.15) is 0 Å². The number of carbonyl (C=O) groups is 4. The van der Waals surface area contributed by atoms with E-state index >= 15 is 0 Å². The maximum atomic E-state index is 13.6. The minimum atomic E-state index is -0.696. The molecule has 0 radical (unpaired) electrons. The normalized spacial score (nSPS) is 16.6. The van der Waals surface area contributed by atoms with Gasteiger partial charge in [0.1, 0.15) is 11.5 Å². The summed E-state index contributed by atoms with van der Waals surface area (Å²) in [5.41, 5.74) is 3.81. The van der Waals surface area contributed by atoms with Crippen LogP contribution in [-0.4, -0.2) is 90.4 Å². The molecule has 1 N–H and O–H groups in total. The summed E-state index contributed by atoms with van der Waals surface area (Å²) in [6.07, 6.45) is -0.332. The van der Waals surface area contributed by atoms with E-state index in [0.29, 0.717) is 48.8 Å². The first-order chi connectivity index (χ1) is 23.3. The lowest BCUT2D eigenvalue weighted by molar-refractivity contribution is -0.120. The van der Waals surface area contributed by atoms with Gasteiger partial charge >= 0.3 is 12.1 Å². The van der Waals surface area contributed by atoms with Gasteiger partial charge in [0, 0.05) is 43.6 Å². The number of esters is 1. The van der Waals surface area contributed by atoms with Crippen molar-refractivity contribution in [3.05, 3.63) is 89.5 Å². The quantitative estimate of drug-likeness (QED) is 0.219. The molecule has 258 valence electrons. The minimum Gasteiger partial charge on any atom is -0.462 e. The van der Waals surface area contributed by atoms with Crippen LogP contribution in [0.2, 0.25) is 0 Å². The summed E-state index contributed by atoms with van der Waals surface area (Å²) in [6.45, 7) is 13.9. The summed E-state index contributed by atoms with van der Waals surface area (Å²) < 4.78 is 10.6. The zero-order valence-corrected chi connectivity index (χ0v) is 29.1. The summed E-state index contributed by atoms with van der Waals surface area (Å²) in [6, 6.07) is 21.9. The molecule has 1 atom stereocenters. The highest BCUT2D eigenvalue weighted by molar-refractivity contribution is 6.24. The van der Waals surface area contributed by atoms with Crippen LogP contribution in [0.1, 0.15) is 68.9 Å². The first kappa shape index (κ1) is 35.3. The minimum absolute atomic E-state index is 0.0386. The Balaban J connectivity index is 1.34. The Morgan fingerprint density at radius 3 is 2.22 bits per heavy atom. The van der Waals surface area contributed by atoms with E-state index in [1.165, 1.54) is 0 Å². The number of rotatable bonds is 9. The van der Waals surface area contributed by atoms with Gasteiger partial charge in [-0.05, 0) is 89.1 Å². The molecule has 0 spiro atoms. The van der Waals surface area contributed by atoms with E-state index in [1.807, 2.05) is 89.2 Å². The number of anilines is 2. The molecule has 11 nitrogen and oxygen atoms in total. The fraction of sp³-hybridized carbons (Fsp3) is 0.395. The van der Waals surface area contributed by atoms with Crippen LogP contribution in [0.3, 0.4) is 0 Å². The Morgan fingerprint density at radius 2 is 1.61 bits per heavy atom. The largest absolute Gasteiger partial charge is 0.462 e. The first-order valence-corrected chi connectivity index (χ1v) is 16.7. The Bertz CT molecular complexity index is 1710. The summed E-state index contributed by atoms with van der Waals surface area (Å²) in [4.78, 5) is 62.3. The number of nitrogens with one attached hydrogen (secondary N) is 1. The second-order valence-corrected chi connectivity index (χ2v) is 13.4. The number of nitrogens with zero attached hydrogens (tertiary/aromatic N) is 4. The predicted molar refractivity (Wildman–Crippen MR) is 190 cm³/mol. The molecule has 0 aromatic heterocycles. The average Bonchev–Trinajstić information content (AvgIpc) is 3.38. The molecule has 0 saturated carbocycles. The second-order valence-electron chi connectivity index (χ2n) is 13.4. The lowest BCUT2D eigenvalue weighted by atomic mass is 9.90. The van der Waals surface area contributed by atoms with E-state index in [2.05, 4.69) is 10.2 Å². The fourth-order valence-electron chi connectivity index (χ4n) is 6.02. The number of amides is 3. The zero-order chi connectivity index (χ0) is 35.3. The molecule has 11 heteroatoms. The van der Waals surface area contributed by atoms with Gasteiger partial charge in [0.15, 0.2) is 0 Å². The molecule has 1 unspecified atom stereocenters. The second kappa shape index (κ2) is 15.0. The molecule has 3 amide bonds. The Labute approximate surface area is 287 Å². The van der Waals surface area contributed by atoms with E-state index in [4.69, 9.17) is 14.5 Å². The van der Waals surface area contributed by atoms with Crippen LogP contribution in [0.15, 0.2) is 77.8 Å². The highest BCUT2D eigenvalue weighted by Crippen LogP contribution is 2.37. The molecule has 3 aromatic rings. The van der Waals surface area contributed by atoms with Crippen molar-refractivity contribution >= 4 is 46.7 Å². The van der Waals surface area contributed by atoms with E-state index < -0.39 is 17.5 Å². The topological polar surface area (TPSA) is 121 Å². The summed E-state index contributed by atoms with van der Waals surface area (Å²) >= 11 is 0. The number of piperazine rings is 1. The number of hydrogen-bond donors (Lipinski definition) is 1. The van der Waals surface area contributed by atoms with Crippen LogP contribution in [0.25, 0.3) is 0 Å². The molecular weight excluding hydrogens is 622 g/mol. The Hall–Kier alpha value is -5.03. The highest BCUT2D eigenvalue weighted by Gasteiger charge is 2.36. The SMILES string of the molecule is CCOC(=O)c1ccc2c(c1)NC(=O)C2C(=Nc1ccc(N(C(=O)CN2CCN(C(=O)OC(C)(C)C)CC2)C(C)C)cc1)c1ccccc1. The molecule has 2 aliphatic rings. The van der Waals surface area contributed by atoms with E-state index in [0.717, 1.165) is 16.8 Å². The van der Waals surface area contributed by atoms with Crippen LogP contribution in [-0.2, 0) is 19.1 Å². The number of ether oxygens (including phenoxy) is 2. The lowest BCUT2D eigenvalue weighted by Gasteiger charge is -2.36. The van der Waals surface area contributed by atoms with Crippen molar-refractivity contribution in [2.75, 3.05) is 49.5 Å². The van der Waals surface area contributed by atoms with Crippen LogP contribution in [0.4, 0.5) is 21.9 Å². The monoisotopic (exact) mass is 667 g/mol. The van der Waals surface area contributed by atoms with Crippen LogP contribution < -0.4 is 10.2 Å². The van der Waals surface area contributed by atoms with Crippen molar-refractivity contribution in [3.63, 3.8) is 0 Å².